The first-order valence-corrected chi connectivity index (χ1v) is 17.8. The number of furan rings is 1. The zero-order valence-corrected chi connectivity index (χ0v) is 28.5. The van der Waals surface area contributed by atoms with Crippen LogP contribution in [0.1, 0.15) is 0 Å². The van der Waals surface area contributed by atoms with Crippen LogP contribution in [0, 0.1) is 0 Å². The van der Waals surface area contributed by atoms with Gasteiger partial charge in [-0.05, 0) is 84.5 Å². The molecule has 0 spiro atoms. The van der Waals surface area contributed by atoms with Crippen molar-refractivity contribution >= 4 is 65.0 Å². The van der Waals surface area contributed by atoms with Crippen LogP contribution in [-0.4, -0.2) is 15.0 Å². The molecule has 0 saturated carbocycles. The molecule has 0 atom stereocenters. The first kappa shape index (κ1) is 29.5. The maximum absolute atomic E-state index is 6.46. The van der Waals surface area contributed by atoms with Gasteiger partial charge in [-0.1, -0.05) is 146 Å². The minimum atomic E-state index is 0.599. The predicted octanol–water partition coefficient (Wildman–Crippen LogP) is 13.1. The Labute approximate surface area is 304 Å². The fraction of sp³-hybridized carbons (Fsp3) is 0. The van der Waals surface area contributed by atoms with Gasteiger partial charge in [-0.15, -0.1) is 0 Å². The molecule has 11 aromatic rings. The summed E-state index contributed by atoms with van der Waals surface area (Å²) in [5, 5.41) is 11.7. The average molecular weight is 676 g/mol. The van der Waals surface area contributed by atoms with E-state index in [1.54, 1.807) is 0 Å². The largest absolute Gasteiger partial charge is 0.456 e. The molecule has 2 aromatic heterocycles. The summed E-state index contributed by atoms with van der Waals surface area (Å²) in [5.41, 5.74) is 6.65. The van der Waals surface area contributed by atoms with Crippen molar-refractivity contribution in [2.24, 2.45) is 0 Å². The molecule has 4 nitrogen and oxygen atoms in total. The molecule has 0 bridgehead atoms. The Morgan fingerprint density at radius 3 is 1.77 bits per heavy atom. The first-order chi connectivity index (χ1) is 26.2. The van der Waals surface area contributed by atoms with E-state index in [-0.39, 0.29) is 0 Å². The van der Waals surface area contributed by atoms with Gasteiger partial charge in [0.15, 0.2) is 17.5 Å². The van der Waals surface area contributed by atoms with Gasteiger partial charge in [0.1, 0.15) is 11.2 Å². The summed E-state index contributed by atoms with van der Waals surface area (Å²) in [5.74, 6) is 1.84. The third-order valence-electron chi connectivity index (χ3n) is 10.5. The van der Waals surface area contributed by atoms with Gasteiger partial charge in [-0.3, -0.25) is 0 Å². The van der Waals surface area contributed by atoms with Crippen molar-refractivity contribution in [2.75, 3.05) is 0 Å². The monoisotopic (exact) mass is 675 g/mol. The van der Waals surface area contributed by atoms with E-state index < -0.39 is 0 Å². The summed E-state index contributed by atoms with van der Waals surface area (Å²) < 4.78 is 6.46. The maximum Gasteiger partial charge on any atom is 0.164 e. The quantitative estimate of drug-likeness (QED) is 0.174. The fourth-order valence-corrected chi connectivity index (χ4v) is 7.87. The molecule has 2 heterocycles. The van der Waals surface area contributed by atoms with Crippen LogP contribution in [0.5, 0.6) is 0 Å². The third-order valence-corrected chi connectivity index (χ3v) is 10.5. The van der Waals surface area contributed by atoms with E-state index in [1.165, 1.54) is 43.1 Å². The van der Waals surface area contributed by atoms with Crippen LogP contribution in [0.15, 0.2) is 180 Å². The maximum atomic E-state index is 6.46. The van der Waals surface area contributed by atoms with E-state index >= 15 is 0 Å². The summed E-state index contributed by atoms with van der Waals surface area (Å²) in [6, 6.07) is 61.7. The molecule has 4 heteroatoms. The van der Waals surface area contributed by atoms with Crippen molar-refractivity contribution in [1.82, 2.24) is 15.0 Å². The lowest BCUT2D eigenvalue weighted by Gasteiger charge is -2.12. The van der Waals surface area contributed by atoms with Crippen LogP contribution >= 0.6 is 0 Å². The van der Waals surface area contributed by atoms with Gasteiger partial charge in [0, 0.05) is 27.5 Å². The van der Waals surface area contributed by atoms with Crippen LogP contribution in [0.3, 0.4) is 0 Å². The number of rotatable bonds is 4. The highest BCUT2D eigenvalue weighted by molar-refractivity contribution is 6.20. The number of hydrogen-bond donors (Lipinski definition) is 0. The van der Waals surface area contributed by atoms with Crippen LogP contribution in [0.4, 0.5) is 0 Å². The van der Waals surface area contributed by atoms with Gasteiger partial charge in [0.05, 0.1) is 0 Å². The summed E-state index contributed by atoms with van der Waals surface area (Å²) in [6.45, 7) is 0. The highest BCUT2D eigenvalue weighted by atomic mass is 16.3. The lowest BCUT2D eigenvalue weighted by atomic mass is 9.95. The molecule has 0 aliphatic carbocycles. The number of fused-ring (bicyclic) bond motifs is 9. The van der Waals surface area contributed by atoms with E-state index in [4.69, 9.17) is 19.4 Å². The Kier molecular flexibility index (Phi) is 6.52. The molecule has 0 saturated heterocycles. The van der Waals surface area contributed by atoms with Crippen molar-refractivity contribution in [3.8, 4) is 45.3 Å². The van der Waals surface area contributed by atoms with Gasteiger partial charge in [-0.25, -0.2) is 15.0 Å². The van der Waals surface area contributed by atoms with Crippen molar-refractivity contribution in [2.45, 2.75) is 0 Å². The Hall–Kier alpha value is -7.17. The molecular weight excluding hydrogens is 647 g/mol. The second-order valence-corrected chi connectivity index (χ2v) is 13.6. The molecule has 11 rings (SSSR count). The van der Waals surface area contributed by atoms with Crippen LogP contribution in [0.2, 0.25) is 0 Å². The van der Waals surface area contributed by atoms with Gasteiger partial charge >= 0.3 is 0 Å². The minimum absolute atomic E-state index is 0.599. The Morgan fingerprint density at radius 1 is 0.302 bits per heavy atom. The lowest BCUT2D eigenvalue weighted by Crippen LogP contribution is -2.00. The number of aromatic nitrogens is 3. The highest BCUT2D eigenvalue weighted by Gasteiger charge is 2.19. The van der Waals surface area contributed by atoms with E-state index in [0.717, 1.165) is 49.8 Å². The molecule has 0 aliphatic rings. The molecule has 0 radical (unpaired) electrons. The Morgan fingerprint density at radius 2 is 0.906 bits per heavy atom. The number of hydrogen-bond acceptors (Lipinski definition) is 4. The van der Waals surface area contributed by atoms with E-state index in [2.05, 4.69) is 133 Å². The average Bonchev–Trinajstić information content (AvgIpc) is 3.61. The van der Waals surface area contributed by atoms with Crippen molar-refractivity contribution in [3.63, 3.8) is 0 Å². The second-order valence-electron chi connectivity index (χ2n) is 13.6. The topological polar surface area (TPSA) is 51.8 Å². The Balaban J connectivity index is 1.13. The molecule has 0 fully saturated rings. The van der Waals surface area contributed by atoms with Crippen molar-refractivity contribution in [3.05, 3.63) is 176 Å². The van der Waals surface area contributed by atoms with E-state index in [1.807, 2.05) is 42.5 Å². The number of benzene rings is 9. The predicted molar refractivity (Wildman–Crippen MR) is 219 cm³/mol. The van der Waals surface area contributed by atoms with Crippen LogP contribution in [0.25, 0.3) is 110 Å². The van der Waals surface area contributed by atoms with Gasteiger partial charge in [0.2, 0.25) is 0 Å². The lowest BCUT2D eigenvalue weighted by molar-refractivity contribution is 0.669. The molecular formula is C49H29N3O. The molecule has 0 aliphatic heterocycles. The standard InChI is InChI=1S/C49H29N3O/c1-2-11-34(12-3-1)47-50-48(38-24-20-32-19-22-33-21-18-31-10-6-7-14-39(31)45(33)41(32)29-38)52-49(51-47)40-15-8-16-44-46(40)42-28-37(25-26-43(42)53-44)36-23-17-30-9-4-5-13-35(30)27-36/h1-29H. The normalized spacial score (nSPS) is 11.8. The van der Waals surface area contributed by atoms with Gasteiger partial charge in [0.25, 0.3) is 0 Å². The highest BCUT2D eigenvalue weighted by Crippen LogP contribution is 2.40. The van der Waals surface area contributed by atoms with E-state index in [0.29, 0.717) is 17.5 Å². The van der Waals surface area contributed by atoms with Crippen LogP contribution < -0.4 is 0 Å². The fourth-order valence-electron chi connectivity index (χ4n) is 7.87. The second kappa shape index (κ2) is 11.7. The Bertz CT molecular complexity index is 3230. The summed E-state index contributed by atoms with van der Waals surface area (Å²) in [4.78, 5) is 15.5. The van der Waals surface area contributed by atoms with Gasteiger partial charge in [-0.2, -0.15) is 0 Å². The first-order valence-electron chi connectivity index (χ1n) is 17.8. The molecule has 0 unspecified atom stereocenters. The molecule has 0 N–H and O–H groups in total. The van der Waals surface area contributed by atoms with Crippen molar-refractivity contribution in [1.29, 1.82) is 0 Å². The summed E-state index contributed by atoms with van der Waals surface area (Å²) in [7, 11) is 0. The summed E-state index contributed by atoms with van der Waals surface area (Å²) >= 11 is 0. The van der Waals surface area contributed by atoms with Gasteiger partial charge < -0.3 is 4.42 Å². The smallest absolute Gasteiger partial charge is 0.164 e. The summed E-state index contributed by atoms with van der Waals surface area (Å²) in [6.07, 6.45) is 0. The van der Waals surface area contributed by atoms with Crippen molar-refractivity contribution < 1.29 is 4.42 Å². The number of nitrogens with zero attached hydrogens (tertiary/aromatic N) is 3. The molecule has 9 aromatic carbocycles. The van der Waals surface area contributed by atoms with E-state index in [9.17, 15) is 0 Å². The third kappa shape index (κ3) is 4.88. The SMILES string of the molecule is c1ccc(-c2nc(-c3ccc4ccc5ccc6ccccc6c5c4c3)nc(-c3cccc4oc5ccc(-c6ccc7ccccc7c6)cc5c34)n2)cc1. The zero-order valence-electron chi connectivity index (χ0n) is 28.5. The molecule has 0 amide bonds. The zero-order chi connectivity index (χ0) is 34.9. The minimum Gasteiger partial charge on any atom is -0.456 e. The molecule has 246 valence electrons. The molecule has 53 heavy (non-hydrogen) atoms. The van der Waals surface area contributed by atoms with Crippen LogP contribution in [-0.2, 0) is 0 Å².